The molecule has 2 aromatic heterocycles. The van der Waals surface area contributed by atoms with Gasteiger partial charge in [-0.3, -0.25) is 4.79 Å². The molecule has 1 fully saturated rings. The Morgan fingerprint density at radius 3 is 2.44 bits per heavy atom. The largest absolute Gasteiger partial charge is 0.333 e. The molecule has 0 aliphatic carbocycles. The van der Waals surface area contributed by atoms with Gasteiger partial charge in [-0.15, -0.1) is 0 Å². The fourth-order valence-electron chi connectivity index (χ4n) is 3.27. The number of anilines is 1. The van der Waals surface area contributed by atoms with Crippen LogP contribution in [-0.2, 0) is 4.79 Å². The third-order valence-electron chi connectivity index (χ3n) is 4.54. The highest BCUT2D eigenvalue weighted by atomic mass is 16.2. The Balaban J connectivity index is 1.71. The van der Waals surface area contributed by atoms with Crippen LogP contribution in [0.15, 0.2) is 66.5 Å². The van der Waals surface area contributed by atoms with E-state index in [9.17, 15) is 9.59 Å². The second-order valence-electron chi connectivity index (χ2n) is 6.31. The number of carbonyl (C=O) groups excluding carboxylic acids is 2. The molecule has 0 spiro atoms. The van der Waals surface area contributed by atoms with Crippen LogP contribution in [0.3, 0.4) is 0 Å². The van der Waals surface area contributed by atoms with E-state index in [1.165, 1.54) is 0 Å². The van der Waals surface area contributed by atoms with E-state index in [0.717, 1.165) is 27.7 Å². The Bertz CT molecular complexity index is 1050. The number of amides is 3. The van der Waals surface area contributed by atoms with Gasteiger partial charge in [-0.05, 0) is 55.8 Å². The number of carbonyl (C=O) groups is 2. The second kappa shape index (κ2) is 6.57. The number of hydrogen-bond acceptors (Lipinski definition) is 3. The van der Waals surface area contributed by atoms with E-state index in [0.29, 0.717) is 5.69 Å². The van der Waals surface area contributed by atoms with Gasteiger partial charge < -0.3 is 9.88 Å². The monoisotopic (exact) mass is 358 g/mol. The molecule has 6 nitrogen and oxygen atoms in total. The number of rotatable bonds is 3. The number of aryl methyl sites for hydroxylation is 1. The molecule has 0 radical (unpaired) electrons. The predicted molar refractivity (Wildman–Crippen MR) is 103 cm³/mol. The molecule has 134 valence electrons. The van der Waals surface area contributed by atoms with Crippen molar-refractivity contribution in [3.8, 4) is 5.82 Å². The topological polar surface area (TPSA) is 67.2 Å². The van der Waals surface area contributed by atoms with Gasteiger partial charge in [-0.2, -0.15) is 0 Å². The predicted octanol–water partition coefficient (Wildman–Crippen LogP) is 3.59. The highest BCUT2D eigenvalue weighted by Crippen LogP contribution is 2.25. The average molecular weight is 358 g/mol. The average Bonchev–Trinajstić information content (AvgIpc) is 3.11. The molecule has 3 heterocycles. The minimum absolute atomic E-state index is 0.255. The zero-order chi connectivity index (χ0) is 19.0. The van der Waals surface area contributed by atoms with E-state index >= 15 is 0 Å². The molecule has 1 aliphatic heterocycles. The summed E-state index contributed by atoms with van der Waals surface area (Å²) < 4.78 is 2.02. The van der Waals surface area contributed by atoms with Gasteiger partial charge >= 0.3 is 6.03 Å². The molecule has 0 atom stereocenters. The summed E-state index contributed by atoms with van der Waals surface area (Å²) in [6.45, 7) is 3.94. The number of imide groups is 1. The highest BCUT2D eigenvalue weighted by molar-refractivity contribution is 6.28. The number of hydrogen-bond donors (Lipinski definition) is 1. The van der Waals surface area contributed by atoms with Gasteiger partial charge in [-0.25, -0.2) is 14.7 Å². The molecule has 1 N–H and O–H groups in total. The van der Waals surface area contributed by atoms with Crippen molar-refractivity contribution >= 4 is 23.7 Å². The van der Waals surface area contributed by atoms with Crippen molar-refractivity contribution in [2.75, 3.05) is 4.90 Å². The fourth-order valence-corrected chi connectivity index (χ4v) is 3.27. The van der Waals surface area contributed by atoms with Crippen LogP contribution in [0.1, 0.15) is 17.0 Å². The SMILES string of the molecule is Cc1cc(C=C2NC(=O)N(c3ccccc3)C2=O)c(C)n1-c1ccccn1. The van der Waals surface area contributed by atoms with Crippen molar-refractivity contribution in [1.29, 1.82) is 0 Å². The molecule has 1 aromatic carbocycles. The molecule has 3 amide bonds. The maximum Gasteiger partial charge on any atom is 0.333 e. The summed E-state index contributed by atoms with van der Waals surface area (Å²) in [5, 5.41) is 2.67. The van der Waals surface area contributed by atoms with Gasteiger partial charge in [0.2, 0.25) is 0 Å². The van der Waals surface area contributed by atoms with Crippen LogP contribution in [0.2, 0.25) is 0 Å². The van der Waals surface area contributed by atoms with Crippen molar-refractivity contribution in [3.63, 3.8) is 0 Å². The summed E-state index contributed by atoms with van der Waals surface area (Å²) in [5.74, 6) is 0.443. The first-order valence-corrected chi connectivity index (χ1v) is 8.59. The Labute approximate surface area is 156 Å². The Hall–Kier alpha value is -3.67. The van der Waals surface area contributed by atoms with Crippen molar-refractivity contribution in [3.05, 3.63) is 83.4 Å². The van der Waals surface area contributed by atoms with Gasteiger partial charge in [0.25, 0.3) is 5.91 Å². The lowest BCUT2D eigenvalue weighted by Crippen LogP contribution is -2.30. The minimum atomic E-state index is -0.448. The number of nitrogens with one attached hydrogen (secondary N) is 1. The first-order chi connectivity index (χ1) is 13.1. The number of urea groups is 1. The lowest BCUT2D eigenvalue weighted by atomic mass is 10.2. The third kappa shape index (κ3) is 2.91. The Morgan fingerprint density at radius 1 is 1.00 bits per heavy atom. The molecule has 0 bridgehead atoms. The molecule has 1 aliphatic rings. The first kappa shape index (κ1) is 16.8. The van der Waals surface area contributed by atoms with Crippen molar-refractivity contribution in [2.45, 2.75) is 13.8 Å². The number of pyridine rings is 1. The molecular weight excluding hydrogens is 340 g/mol. The number of aromatic nitrogens is 2. The van der Waals surface area contributed by atoms with E-state index < -0.39 is 6.03 Å². The number of benzene rings is 1. The fraction of sp³-hybridized carbons (Fsp3) is 0.0952. The Kier molecular flexibility index (Phi) is 4.08. The molecule has 27 heavy (non-hydrogen) atoms. The lowest BCUT2D eigenvalue weighted by molar-refractivity contribution is -0.113. The molecule has 0 unspecified atom stereocenters. The summed E-state index contributed by atoms with van der Waals surface area (Å²) in [7, 11) is 0. The normalized spacial score (nSPS) is 15.5. The van der Waals surface area contributed by atoms with E-state index in [1.807, 2.05) is 48.7 Å². The van der Waals surface area contributed by atoms with E-state index in [4.69, 9.17) is 0 Å². The second-order valence-corrected chi connectivity index (χ2v) is 6.31. The zero-order valence-corrected chi connectivity index (χ0v) is 15.0. The van der Waals surface area contributed by atoms with Crippen LogP contribution in [0, 0.1) is 13.8 Å². The summed E-state index contributed by atoms with van der Waals surface area (Å²) >= 11 is 0. The van der Waals surface area contributed by atoms with Crippen molar-refractivity contribution < 1.29 is 9.59 Å². The van der Waals surface area contributed by atoms with Crippen LogP contribution >= 0.6 is 0 Å². The highest BCUT2D eigenvalue weighted by Gasteiger charge is 2.34. The summed E-state index contributed by atoms with van der Waals surface area (Å²) in [5.41, 5.74) is 3.60. The van der Waals surface area contributed by atoms with E-state index in [1.54, 1.807) is 36.5 Å². The van der Waals surface area contributed by atoms with Gasteiger partial charge in [-0.1, -0.05) is 24.3 Å². The van der Waals surface area contributed by atoms with Gasteiger partial charge in [0.05, 0.1) is 5.69 Å². The van der Waals surface area contributed by atoms with Crippen molar-refractivity contribution in [1.82, 2.24) is 14.9 Å². The van der Waals surface area contributed by atoms with Gasteiger partial charge in [0.15, 0.2) is 0 Å². The molecule has 6 heteroatoms. The van der Waals surface area contributed by atoms with E-state index in [-0.39, 0.29) is 11.6 Å². The lowest BCUT2D eigenvalue weighted by Gasteiger charge is -2.10. The van der Waals surface area contributed by atoms with Crippen LogP contribution in [-0.4, -0.2) is 21.5 Å². The van der Waals surface area contributed by atoms with E-state index in [2.05, 4.69) is 10.3 Å². The van der Waals surface area contributed by atoms with Gasteiger partial charge in [0.1, 0.15) is 11.5 Å². The van der Waals surface area contributed by atoms with Crippen LogP contribution in [0.25, 0.3) is 11.9 Å². The van der Waals surface area contributed by atoms with Crippen LogP contribution in [0.5, 0.6) is 0 Å². The number of nitrogens with zero attached hydrogens (tertiary/aromatic N) is 3. The number of para-hydroxylation sites is 1. The Morgan fingerprint density at radius 2 is 1.74 bits per heavy atom. The minimum Gasteiger partial charge on any atom is -0.303 e. The first-order valence-electron chi connectivity index (χ1n) is 8.59. The summed E-state index contributed by atoms with van der Waals surface area (Å²) in [6, 6.07) is 16.1. The van der Waals surface area contributed by atoms with Crippen LogP contribution in [0.4, 0.5) is 10.5 Å². The molecule has 0 saturated carbocycles. The van der Waals surface area contributed by atoms with Crippen LogP contribution < -0.4 is 10.2 Å². The van der Waals surface area contributed by atoms with Gasteiger partial charge in [0, 0.05) is 17.6 Å². The summed E-state index contributed by atoms with van der Waals surface area (Å²) in [4.78, 5) is 30.6. The molecule has 3 aromatic rings. The molecular formula is C21H18N4O2. The van der Waals surface area contributed by atoms with Crippen molar-refractivity contribution in [2.24, 2.45) is 0 Å². The summed E-state index contributed by atoms with van der Waals surface area (Å²) in [6.07, 6.45) is 3.45. The zero-order valence-electron chi connectivity index (χ0n) is 15.0. The quantitative estimate of drug-likeness (QED) is 0.575. The third-order valence-corrected chi connectivity index (χ3v) is 4.54. The molecule has 1 saturated heterocycles. The smallest absolute Gasteiger partial charge is 0.303 e. The maximum atomic E-state index is 12.7. The molecule has 4 rings (SSSR count). The standard InChI is InChI=1S/C21H18N4O2/c1-14-12-16(15(2)24(14)19-10-6-7-11-22-19)13-18-20(26)25(21(27)23-18)17-8-4-3-5-9-17/h3-13H,1-2H3,(H,23,27). The maximum absolute atomic E-state index is 12.7.